The van der Waals surface area contributed by atoms with Crippen LogP contribution in [0.4, 0.5) is 4.79 Å². The first-order chi connectivity index (χ1) is 10.1. The van der Waals surface area contributed by atoms with Gasteiger partial charge in [-0.1, -0.05) is 24.3 Å². The van der Waals surface area contributed by atoms with E-state index >= 15 is 0 Å². The third-order valence-corrected chi connectivity index (χ3v) is 3.39. The smallest absolute Gasteiger partial charge is 0.317 e. The standard InChI is InChI=1S/C16H22N2O3/c1-12(2)21-15(19)7-9-17-16(20)18-10-8-13-5-3-4-6-14(13)11-18/h3-6,12H,7-11H2,1-2H3,(H,17,20). The lowest BCUT2D eigenvalue weighted by Gasteiger charge is -2.28. The third-order valence-electron chi connectivity index (χ3n) is 3.39. The van der Waals surface area contributed by atoms with E-state index in [0.29, 0.717) is 19.6 Å². The molecule has 0 spiro atoms. The quantitative estimate of drug-likeness (QED) is 0.864. The Kier molecular flexibility index (Phi) is 5.20. The molecule has 5 nitrogen and oxygen atoms in total. The number of amides is 2. The average molecular weight is 290 g/mol. The van der Waals surface area contributed by atoms with Gasteiger partial charge in [-0.05, 0) is 31.4 Å². The van der Waals surface area contributed by atoms with Crippen molar-refractivity contribution in [3.05, 3.63) is 35.4 Å². The third kappa shape index (κ3) is 4.48. The molecule has 5 heteroatoms. The van der Waals surface area contributed by atoms with Gasteiger partial charge in [0.2, 0.25) is 0 Å². The predicted molar refractivity (Wildman–Crippen MR) is 79.8 cm³/mol. The second-order valence-corrected chi connectivity index (χ2v) is 5.46. The fourth-order valence-corrected chi connectivity index (χ4v) is 2.37. The van der Waals surface area contributed by atoms with Gasteiger partial charge in [-0.25, -0.2) is 4.79 Å². The monoisotopic (exact) mass is 290 g/mol. The van der Waals surface area contributed by atoms with Gasteiger partial charge < -0.3 is 15.0 Å². The van der Waals surface area contributed by atoms with Gasteiger partial charge in [0.1, 0.15) is 0 Å². The molecule has 1 N–H and O–H groups in total. The van der Waals surface area contributed by atoms with E-state index in [4.69, 9.17) is 4.74 Å². The Morgan fingerprint density at radius 3 is 2.71 bits per heavy atom. The van der Waals surface area contributed by atoms with E-state index in [1.807, 2.05) is 26.0 Å². The molecular formula is C16H22N2O3. The number of benzene rings is 1. The van der Waals surface area contributed by atoms with Crippen LogP contribution in [0.3, 0.4) is 0 Å². The number of hydrogen-bond acceptors (Lipinski definition) is 3. The van der Waals surface area contributed by atoms with Crippen LogP contribution in [0, 0.1) is 0 Å². The topological polar surface area (TPSA) is 58.6 Å². The van der Waals surface area contributed by atoms with Gasteiger partial charge in [0.05, 0.1) is 12.5 Å². The summed E-state index contributed by atoms with van der Waals surface area (Å²) in [6, 6.07) is 8.04. The number of nitrogens with one attached hydrogen (secondary N) is 1. The number of nitrogens with zero attached hydrogens (tertiary/aromatic N) is 1. The maximum atomic E-state index is 12.1. The average Bonchev–Trinajstić information content (AvgIpc) is 2.45. The summed E-state index contributed by atoms with van der Waals surface area (Å²) in [6.07, 6.45) is 0.958. The zero-order chi connectivity index (χ0) is 15.2. The summed E-state index contributed by atoms with van der Waals surface area (Å²) in [5, 5.41) is 2.77. The molecular weight excluding hydrogens is 268 g/mol. The second-order valence-electron chi connectivity index (χ2n) is 5.46. The lowest BCUT2D eigenvalue weighted by atomic mass is 10.0. The lowest BCUT2D eigenvalue weighted by molar-refractivity contribution is -0.147. The highest BCUT2D eigenvalue weighted by Gasteiger charge is 2.20. The van der Waals surface area contributed by atoms with Gasteiger partial charge in [0.15, 0.2) is 0 Å². The van der Waals surface area contributed by atoms with Crippen LogP contribution in [-0.2, 0) is 22.5 Å². The Hall–Kier alpha value is -2.04. The second kappa shape index (κ2) is 7.11. The highest BCUT2D eigenvalue weighted by Crippen LogP contribution is 2.18. The van der Waals surface area contributed by atoms with Crippen LogP contribution in [0.2, 0.25) is 0 Å². The van der Waals surface area contributed by atoms with E-state index < -0.39 is 0 Å². The molecule has 1 aromatic carbocycles. The molecule has 0 aromatic heterocycles. The van der Waals surface area contributed by atoms with Gasteiger partial charge >= 0.3 is 12.0 Å². The van der Waals surface area contributed by atoms with Crippen molar-refractivity contribution < 1.29 is 14.3 Å². The van der Waals surface area contributed by atoms with Crippen LogP contribution in [0.5, 0.6) is 0 Å². The molecule has 0 unspecified atom stereocenters. The molecule has 0 aliphatic carbocycles. The van der Waals surface area contributed by atoms with E-state index in [0.717, 1.165) is 6.42 Å². The van der Waals surface area contributed by atoms with Gasteiger partial charge in [-0.2, -0.15) is 0 Å². The van der Waals surface area contributed by atoms with Gasteiger partial charge in [0.25, 0.3) is 0 Å². The molecule has 21 heavy (non-hydrogen) atoms. The summed E-state index contributed by atoms with van der Waals surface area (Å²) in [5.41, 5.74) is 2.50. The molecule has 0 fully saturated rings. The fraction of sp³-hybridized carbons (Fsp3) is 0.500. The molecule has 0 radical (unpaired) electrons. The van der Waals surface area contributed by atoms with Crippen LogP contribution in [-0.4, -0.2) is 36.1 Å². The Labute approximate surface area is 125 Å². The summed E-state index contributed by atoms with van der Waals surface area (Å²) >= 11 is 0. The minimum atomic E-state index is -0.283. The summed E-state index contributed by atoms with van der Waals surface area (Å²) < 4.78 is 5.02. The number of esters is 1. The molecule has 0 saturated carbocycles. The Bertz CT molecular complexity index is 514. The summed E-state index contributed by atoms with van der Waals surface area (Å²) in [6.45, 7) is 5.25. The van der Waals surface area contributed by atoms with E-state index in [-0.39, 0.29) is 24.5 Å². The van der Waals surface area contributed by atoms with Crippen molar-refractivity contribution in [2.75, 3.05) is 13.1 Å². The van der Waals surface area contributed by atoms with Crippen molar-refractivity contribution in [3.8, 4) is 0 Å². The van der Waals surface area contributed by atoms with Crippen molar-refractivity contribution in [2.24, 2.45) is 0 Å². The van der Waals surface area contributed by atoms with E-state index in [1.54, 1.807) is 4.90 Å². The zero-order valence-corrected chi connectivity index (χ0v) is 12.6. The van der Waals surface area contributed by atoms with E-state index in [1.165, 1.54) is 11.1 Å². The Morgan fingerprint density at radius 2 is 2.00 bits per heavy atom. The number of fused-ring (bicyclic) bond motifs is 1. The largest absolute Gasteiger partial charge is 0.463 e. The molecule has 2 amide bonds. The van der Waals surface area contributed by atoms with Crippen LogP contribution in [0.25, 0.3) is 0 Å². The maximum Gasteiger partial charge on any atom is 0.317 e. The summed E-state index contributed by atoms with van der Waals surface area (Å²) in [7, 11) is 0. The van der Waals surface area contributed by atoms with E-state index in [2.05, 4.69) is 17.4 Å². The molecule has 114 valence electrons. The van der Waals surface area contributed by atoms with Crippen LogP contribution < -0.4 is 5.32 Å². The van der Waals surface area contributed by atoms with Crippen LogP contribution >= 0.6 is 0 Å². The highest BCUT2D eigenvalue weighted by molar-refractivity contribution is 5.76. The Morgan fingerprint density at radius 1 is 1.29 bits per heavy atom. The normalized spacial score (nSPS) is 13.8. The van der Waals surface area contributed by atoms with Crippen molar-refractivity contribution in [2.45, 2.75) is 39.3 Å². The van der Waals surface area contributed by atoms with Crippen LogP contribution in [0.15, 0.2) is 24.3 Å². The highest BCUT2D eigenvalue weighted by atomic mass is 16.5. The molecule has 0 atom stereocenters. The lowest BCUT2D eigenvalue weighted by Crippen LogP contribution is -2.43. The number of urea groups is 1. The number of rotatable bonds is 4. The molecule has 1 aliphatic rings. The van der Waals surface area contributed by atoms with Crippen molar-refractivity contribution in [3.63, 3.8) is 0 Å². The molecule has 1 aliphatic heterocycles. The number of carbonyl (C=O) groups is 2. The molecule has 2 rings (SSSR count). The minimum Gasteiger partial charge on any atom is -0.463 e. The van der Waals surface area contributed by atoms with Crippen molar-refractivity contribution in [1.29, 1.82) is 0 Å². The van der Waals surface area contributed by atoms with E-state index in [9.17, 15) is 9.59 Å². The van der Waals surface area contributed by atoms with Gasteiger partial charge in [0, 0.05) is 19.6 Å². The molecule has 0 bridgehead atoms. The zero-order valence-electron chi connectivity index (χ0n) is 12.6. The number of ether oxygens (including phenoxy) is 1. The number of carbonyl (C=O) groups excluding carboxylic acids is 2. The van der Waals surface area contributed by atoms with Gasteiger partial charge in [-0.3, -0.25) is 4.79 Å². The summed E-state index contributed by atoms with van der Waals surface area (Å²) in [4.78, 5) is 25.2. The Balaban J connectivity index is 1.76. The van der Waals surface area contributed by atoms with Gasteiger partial charge in [-0.15, -0.1) is 0 Å². The maximum absolute atomic E-state index is 12.1. The predicted octanol–water partition coefficient (Wildman–Crippen LogP) is 2.10. The number of hydrogen-bond donors (Lipinski definition) is 1. The molecule has 0 saturated heterocycles. The van der Waals surface area contributed by atoms with Crippen LogP contribution in [0.1, 0.15) is 31.4 Å². The summed E-state index contributed by atoms with van der Waals surface area (Å²) in [5.74, 6) is -0.283. The SMILES string of the molecule is CC(C)OC(=O)CCNC(=O)N1CCc2ccccc2C1. The minimum absolute atomic E-state index is 0.119. The molecule has 1 heterocycles. The first-order valence-corrected chi connectivity index (χ1v) is 7.35. The first kappa shape index (κ1) is 15.4. The first-order valence-electron chi connectivity index (χ1n) is 7.35. The van der Waals surface area contributed by atoms with Crippen molar-refractivity contribution in [1.82, 2.24) is 10.2 Å². The molecule has 1 aromatic rings. The fourth-order valence-electron chi connectivity index (χ4n) is 2.37. The van der Waals surface area contributed by atoms with Crippen molar-refractivity contribution >= 4 is 12.0 Å².